The molecule has 0 N–H and O–H groups in total. The highest BCUT2D eigenvalue weighted by atomic mass is 14.2. The van der Waals surface area contributed by atoms with Gasteiger partial charge in [-0.2, -0.15) is 0 Å². The summed E-state index contributed by atoms with van der Waals surface area (Å²) in [5.41, 5.74) is 1.41. The zero-order valence-corrected chi connectivity index (χ0v) is 10.9. The standard InChI is InChI=1S/C8H16.C8H10.H2/c2*1-2-8-6-4-3-5-7-8;/h8H,2-7H2,1H3;3-7H,2H2,1H3;1H. The van der Waals surface area contributed by atoms with Crippen LogP contribution in [-0.4, -0.2) is 0 Å². The topological polar surface area (TPSA) is 0 Å². The molecule has 0 saturated heterocycles. The van der Waals surface area contributed by atoms with Crippen LogP contribution in [-0.2, 0) is 6.42 Å². The van der Waals surface area contributed by atoms with Crippen molar-refractivity contribution in [2.45, 2.75) is 58.8 Å². The van der Waals surface area contributed by atoms with Crippen molar-refractivity contribution in [3.63, 3.8) is 0 Å². The van der Waals surface area contributed by atoms with Crippen molar-refractivity contribution in [3.05, 3.63) is 35.9 Å². The number of rotatable bonds is 2. The van der Waals surface area contributed by atoms with Crippen molar-refractivity contribution in [2.24, 2.45) is 5.92 Å². The number of aryl methyl sites for hydroxylation is 1. The monoisotopic (exact) mass is 220 g/mol. The van der Waals surface area contributed by atoms with Crippen LogP contribution in [0, 0.1) is 5.92 Å². The second kappa shape index (κ2) is 8.38. The fourth-order valence-electron chi connectivity index (χ4n) is 2.31. The summed E-state index contributed by atoms with van der Waals surface area (Å²) in [6.07, 6.45) is 10.1. The predicted octanol–water partition coefficient (Wildman–Crippen LogP) is 5.47. The van der Waals surface area contributed by atoms with Gasteiger partial charge in [0.2, 0.25) is 0 Å². The molecule has 0 spiro atoms. The number of hydrogen-bond donors (Lipinski definition) is 0. The lowest BCUT2D eigenvalue weighted by Crippen LogP contribution is -2.03. The first-order chi connectivity index (χ1) is 7.86. The van der Waals surface area contributed by atoms with Crippen LogP contribution >= 0.6 is 0 Å². The third-order valence-electron chi connectivity index (χ3n) is 3.55. The lowest BCUT2D eigenvalue weighted by Gasteiger charge is -2.18. The minimum Gasteiger partial charge on any atom is -0.0651 e. The molecule has 92 valence electrons. The Labute approximate surface area is 103 Å². The zero-order valence-electron chi connectivity index (χ0n) is 10.9. The SMILES string of the molecule is CCC1CCCCC1.CCc1ccccc1.[HH]. The summed E-state index contributed by atoms with van der Waals surface area (Å²) in [7, 11) is 0. The van der Waals surface area contributed by atoms with Crippen LogP contribution in [0.4, 0.5) is 0 Å². The van der Waals surface area contributed by atoms with E-state index in [1.807, 2.05) is 6.07 Å². The molecule has 1 aliphatic rings. The highest BCUT2D eigenvalue weighted by Gasteiger charge is 2.09. The van der Waals surface area contributed by atoms with Gasteiger partial charge in [0.05, 0.1) is 0 Å². The van der Waals surface area contributed by atoms with Crippen LogP contribution in [0.25, 0.3) is 0 Å². The first kappa shape index (κ1) is 13.3. The average Bonchev–Trinajstić information content (AvgIpc) is 2.41. The van der Waals surface area contributed by atoms with E-state index in [0.29, 0.717) is 0 Å². The second-order valence-electron chi connectivity index (χ2n) is 4.75. The molecule has 0 unspecified atom stereocenters. The van der Waals surface area contributed by atoms with Crippen molar-refractivity contribution in [1.82, 2.24) is 0 Å². The molecule has 0 bridgehead atoms. The van der Waals surface area contributed by atoms with E-state index in [2.05, 4.69) is 38.1 Å². The summed E-state index contributed by atoms with van der Waals surface area (Å²) in [5, 5.41) is 0. The Hall–Kier alpha value is -0.780. The first-order valence-electron chi connectivity index (χ1n) is 6.90. The highest BCUT2D eigenvalue weighted by molar-refractivity contribution is 5.13. The van der Waals surface area contributed by atoms with E-state index in [1.165, 1.54) is 44.1 Å². The molecule has 1 fully saturated rings. The molecule has 0 heteroatoms. The fourth-order valence-corrected chi connectivity index (χ4v) is 2.31. The van der Waals surface area contributed by atoms with Crippen LogP contribution in [0.2, 0.25) is 0 Å². The smallest absolute Gasteiger partial charge is 0 e. The molecule has 1 saturated carbocycles. The number of benzene rings is 1. The maximum atomic E-state index is 2.32. The number of hydrogen-bond acceptors (Lipinski definition) is 0. The Kier molecular flexibility index (Phi) is 6.96. The van der Waals surface area contributed by atoms with Gasteiger partial charge in [-0.15, -0.1) is 0 Å². The second-order valence-corrected chi connectivity index (χ2v) is 4.75. The van der Waals surface area contributed by atoms with Gasteiger partial charge in [-0.1, -0.05) is 82.7 Å². The summed E-state index contributed by atoms with van der Waals surface area (Å²) < 4.78 is 0. The third-order valence-corrected chi connectivity index (χ3v) is 3.55. The van der Waals surface area contributed by atoms with Crippen molar-refractivity contribution in [2.75, 3.05) is 0 Å². The van der Waals surface area contributed by atoms with Gasteiger partial charge in [0.25, 0.3) is 0 Å². The summed E-state index contributed by atoms with van der Waals surface area (Å²) in [6, 6.07) is 10.5. The van der Waals surface area contributed by atoms with Crippen LogP contribution in [0.3, 0.4) is 0 Å². The van der Waals surface area contributed by atoms with Crippen molar-refractivity contribution < 1.29 is 1.43 Å². The minimum absolute atomic E-state index is 0. The first-order valence-corrected chi connectivity index (χ1v) is 6.90. The Morgan fingerprint density at radius 3 is 2.00 bits per heavy atom. The quantitative estimate of drug-likeness (QED) is 0.620. The van der Waals surface area contributed by atoms with Gasteiger partial charge < -0.3 is 0 Å². The summed E-state index contributed by atoms with van der Waals surface area (Å²) in [4.78, 5) is 0. The molecular weight excluding hydrogens is 192 g/mol. The van der Waals surface area contributed by atoms with Crippen molar-refractivity contribution in [3.8, 4) is 0 Å². The predicted molar refractivity (Wildman–Crippen MR) is 74.8 cm³/mol. The maximum absolute atomic E-state index is 2.32. The van der Waals surface area contributed by atoms with Gasteiger partial charge in [-0.3, -0.25) is 0 Å². The van der Waals surface area contributed by atoms with E-state index < -0.39 is 0 Å². The van der Waals surface area contributed by atoms with E-state index >= 15 is 0 Å². The summed E-state index contributed by atoms with van der Waals surface area (Å²) >= 11 is 0. The van der Waals surface area contributed by atoms with Crippen LogP contribution in [0.5, 0.6) is 0 Å². The van der Waals surface area contributed by atoms with Gasteiger partial charge in [-0.25, -0.2) is 0 Å². The highest BCUT2D eigenvalue weighted by Crippen LogP contribution is 2.25. The molecule has 0 radical (unpaired) electrons. The largest absolute Gasteiger partial charge is 0.0651 e. The van der Waals surface area contributed by atoms with Crippen molar-refractivity contribution >= 4 is 0 Å². The Morgan fingerprint density at radius 2 is 1.62 bits per heavy atom. The normalized spacial score (nSPS) is 16.4. The average molecular weight is 220 g/mol. The zero-order chi connectivity index (χ0) is 11.6. The molecule has 2 rings (SSSR count). The van der Waals surface area contributed by atoms with Gasteiger partial charge in [-0.05, 0) is 17.9 Å². The van der Waals surface area contributed by atoms with E-state index in [0.717, 1.165) is 12.3 Å². The van der Waals surface area contributed by atoms with Crippen LogP contribution < -0.4 is 0 Å². The summed E-state index contributed by atoms with van der Waals surface area (Å²) in [5.74, 6) is 1.09. The minimum atomic E-state index is 0. The molecule has 0 heterocycles. The molecule has 1 aromatic carbocycles. The Bertz CT molecular complexity index is 249. The fraction of sp³-hybridized carbons (Fsp3) is 0.625. The summed E-state index contributed by atoms with van der Waals surface area (Å²) in [6.45, 7) is 4.48. The molecule has 0 aliphatic heterocycles. The van der Waals surface area contributed by atoms with E-state index in [-0.39, 0.29) is 1.43 Å². The van der Waals surface area contributed by atoms with Gasteiger partial charge in [0.1, 0.15) is 0 Å². The Morgan fingerprint density at radius 1 is 1.00 bits per heavy atom. The van der Waals surface area contributed by atoms with Gasteiger partial charge in [0, 0.05) is 1.43 Å². The molecular formula is C16H28. The molecule has 0 aromatic heterocycles. The van der Waals surface area contributed by atoms with Crippen LogP contribution in [0.1, 0.15) is 59.4 Å². The van der Waals surface area contributed by atoms with E-state index in [4.69, 9.17) is 0 Å². The molecule has 1 aromatic rings. The van der Waals surface area contributed by atoms with E-state index in [1.54, 1.807) is 0 Å². The van der Waals surface area contributed by atoms with Crippen LogP contribution in [0.15, 0.2) is 30.3 Å². The Balaban J connectivity index is 0.000000284. The molecule has 16 heavy (non-hydrogen) atoms. The third kappa shape index (κ3) is 5.34. The molecule has 1 aliphatic carbocycles. The lowest BCUT2D eigenvalue weighted by molar-refractivity contribution is 0.349. The molecule has 0 nitrogen and oxygen atoms in total. The molecule has 0 atom stereocenters. The molecule has 0 amide bonds. The lowest BCUT2D eigenvalue weighted by atomic mass is 9.88. The van der Waals surface area contributed by atoms with Gasteiger partial charge >= 0.3 is 0 Å². The maximum Gasteiger partial charge on any atom is 0 e. The van der Waals surface area contributed by atoms with Gasteiger partial charge in [0.15, 0.2) is 0 Å². The van der Waals surface area contributed by atoms with Crippen molar-refractivity contribution in [1.29, 1.82) is 0 Å². The van der Waals surface area contributed by atoms with E-state index in [9.17, 15) is 0 Å².